The van der Waals surface area contributed by atoms with Crippen LogP contribution in [-0.4, -0.2) is 27.5 Å². The number of halogens is 3. The number of hydrogen-bond donors (Lipinski definition) is 0. The van der Waals surface area contributed by atoms with Gasteiger partial charge in [-0.1, -0.05) is 30.5 Å². The Balaban J connectivity index is 2.03. The lowest BCUT2D eigenvalue weighted by atomic mass is 10.1. The number of anilines is 1. The third kappa shape index (κ3) is 2.84. The van der Waals surface area contributed by atoms with E-state index in [1.165, 1.54) is 18.2 Å². The molecule has 1 saturated heterocycles. The fourth-order valence-corrected chi connectivity index (χ4v) is 3.70. The summed E-state index contributed by atoms with van der Waals surface area (Å²) in [5.41, 5.74) is 0.138. The van der Waals surface area contributed by atoms with Gasteiger partial charge in [-0.2, -0.15) is 4.98 Å². The standard InChI is InChI=1S/C18H17ClF2N4/c19-16-15(14-12(20)6-5-7-13(14)21)17(24-9-3-1-2-4-10-24)25-11-8-22-18(25)23-16/h5-8,11H,1-4,9-10H2. The minimum Gasteiger partial charge on any atom is -0.357 e. The summed E-state index contributed by atoms with van der Waals surface area (Å²) in [4.78, 5) is 10.6. The molecule has 0 amide bonds. The van der Waals surface area contributed by atoms with Crippen molar-refractivity contribution in [1.82, 2.24) is 14.4 Å². The molecule has 3 aromatic rings. The van der Waals surface area contributed by atoms with Crippen molar-refractivity contribution in [3.63, 3.8) is 0 Å². The van der Waals surface area contributed by atoms with E-state index in [0.29, 0.717) is 11.6 Å². The minimum absolute atomic E-state index is 0.0574. The Kier molecular flexibility index (Phi) is 4.29. The molecule has 2 aromatic heterocycles. The van der Waals surface area contributed by atoms with E-state index in [2.05, 4.69) is 14.9 Å². The van der Waals surface area contributed by atoms with Crippen molar-refractivity contribution in [2.75, 3.05) is 18.0 Å². The molecule has 3 heterocycles. The quantitative estimate of drug-likeness (QED) is 0.619. The summed E-state index contributed by atoms with van der Waals surface area (Å²) >= 11 is 6.38. The van der Waals surface area contributed by atoms with E-state index in [0.717, 1.165) is 38.8 Å². The van der Waals surface area contributed by atoms with Crippen LogP contribution in [0.1, 0.15) is 25.7 Å². The molecular weight excluding hydrogens is 346 g/mol. The fraction of sp³-hybridized carbons (Fsp3) is 0.333. The Morgan fingerprint density at radius 1 is 0.960 bits per heavy atom. The average molecular weight is 363 g/mol. The number of aromatic nitrogens is 3. The van der Waals surface area contributed by atoms with Gasteiger partial charge in [0.05, 0.1) is 11.1 Å². The highest BCUT2D eigenvalue weighted by Crippen LogP contribution is 2.39. The number of hydrogen-bond acceptors (Lipinski definition) is 3. The first-order valence-electron chi connectivity index (χ1n) is 8.38. The molecule has 1 fully saturated rings. The van der Waals surface area contributed by atoms with Crippen LogP contribution in [0.15, 0.2) is 30.6 Å². The van der Waals surface area contributed by atoms with E-state index in [1.807, 2.05) is 0 Å². The second-order valence-electron chi connectivity index (χ2n) is 6.20. The minimum atomic E-state index is -0.653. The van der Waals surface area contributed by atoms with Gasteiger partial charge in [0.1, 0.15) is 22.6 Å². The van der Waals surface area contributed by atoms with Gasteiger partial charge in [-0.15, -0.1) is 0 Å². The third-order valence-corrected chi connectivity index (χ3v) is 4.87. The molecule has 0 radical (unpaired) electrons. The average Bonchev–Trinajstić information content (AvgIpc) is 2.88. The molecular formula is C18H17ClF2N4. The van der Waals surface area contributed by atoms with E-state index < -0.39 is 11.6 Å². The van der Waals surface area contributed by atoms with Crippen LogP contribution < -0.4 is 4.90 Å². The SMILES string of the molecule is Fc1cccc(F)c1-c1c(Cl)nc2nccn2c1N1CCCCCC1. The summed E-state index contributed by atoms with van der Waals surface area (Å²) in [5, 5.41) is 0.0574. The van der Waals surface area contributed by atoms with Crippen LogP contribution >= 0.6 is 11.6 Å². The number of fused-ring (bicyclic) bond motifs is 1. The normalized spacial score (nSPS) is 15.6. The van der Waals surface area contributed by atoms with Gasteiger partial charge < -0.3 is 4.90 Å². The van der Waals surface area contributed by atoms with E-state index in [1.54, 1.807) is 16.8 Å². The molecule has 0 unspecified atom stereocenters. The third-order valence-electron chi connectivity index (χ3n) is 4.60. The van der Waals surface area contributed by atoms with Crippen molar-refractivity contribution in [2.45, 2.75) is 25.7 Å². The van der Waals surface area contributed by atoms with Crippen LogP contribution in [0.25, 0.3) is 16.9 Å². The molecule has 0 bridgehead atoms. The predicted octanol–water partition coefficient (Wildman–Crippen LogP) is 4.71. The molecule has 1 aliphatic rings. The molecule has 0 aliphatic carbocycles. The van der Waals surface area contributed by atoms with Gasteiger partial charge in [0.15, 0.2) is 0 Å². The van der Waals surface area contributed by atoms with Crippen molar-refractivity contribution in [2.24, 2.45) is 0 Å². The summed E-state index contributed by atoms with van der Waals surface area (Å²) in [6, 6.07) is 3.81. The van der Waals surface area contributed by atoms with E-state index in [4.69, 9.17) is 11.6 Å². The zero-order valence-corrected chi connectivity index (χ0v) is 14.3. The largest absolute Gasteiger partial charge is 0.357 e. The zero-order chi connectivity index (χ0) is 17.4. The Labute approximate surface area is 149 Å². The summed E-state index contributed by atoms with van der Waals surface area (Å²) in [7, 11) is 0. The van der Waals surface area contributed by atoms with Crippen molar-refractivity contribution in [1.29, 1.82) is 0 Å². The van der Waals surface area contributed by atoms with Gasteiger partial charge in [-0.25, -0.2) is 13.8 Å². The second kappa shape index (κ2) is 6.59. The molecule has 0 spiro atoms. The first-order chi connectivity index (χ1) is 12.2. The van der Waals surface area contributed by atoms with Crippen LogP contribution in [0.4, 0.5) is 14.6 Å². The van der Waals surface area contributed by atoms with E-state index >= 15 is 0 Å². The molecule has 4 rings (SSSR count). The van der Waals surface area contributed by atoms with Crippen LogP contribution in [0.5, 0.6) is 0 Å². The lowest BCUT2D eigenvalue weighted by Crippen LogP contribution is -2.27. The van der Waals surface area contributed by atoms with Crippen LogP contribution in [0.2, 0.25) is 5.15 Å². The molecule has 1 aromatic carbocycles. The van der Waals surface area contributed by atoms with E-state index in [9.17, 15) is 8.78 Å². The lowest BCUT2D eigenvalue weighted by Gasteiger charge is -2.27. The van der Waals surface area contributed by atoms with Crippen LogP contribution in [-0.2, 0) is 0 Å². The predicted molar refractivity (Wildman–Crippen MR) is 94.0 cm³/mol. The molecule has 1 aliphatic heterocycles. The highest BCUT2D eigenvalue weighted by atomic mass is 35.5. The summed E-state index contributed by atoms with van der Waals surface area (Å²) in [6.45, 7) is 1.60. The van der Waals surface area contributed by atoms with E-state index in [-0.39, 0.29) is 16.3 Å². The number of benzene rings is 1. The van der Waals surface area contributed by atoms with Gasteiger partial charge in [-0.05, 0) is 25.0 Å². The highest BCUT2D eigenvalue weighted by molar-refractivity contribution is 6.33. The maximum absolute atomic E-state index is 14.5. The number of nitrogens with zero attached hydrogens (tertiary/aromatic N) is 4. The Morgan fingerprint density at radius 3 is 2.32 bits per heavy atom. The van der Waals surface area contributed by atoms with Crippen molar-refractivity contribution < 1.29 is 8.78 Å². The second-order valence-corrected chi connectivity index (χ2v) is 6.55. The Bertz CT molecular complexity index is 897. The lowest BCUT2D eigenvalue weighted by molar-refractivity contribution is 0.589. The molecule has 25 heavy (non-hydrogen) atoms. The maximum Gasteiger partial charge on any atom is 0.236 e. The topological polar surface area (TPSA) is 33.4 Å². The molecule has 0 atom stereocenters. The Morgan fingerprint density at radius 2 is 1.64 bits per heavy atom. The Hall–Kier alpha value is -2.21. The van der Waals surface area contributed by atoms with Crippen molar-refractivity contribution in [3.8, 4) is 11.1 Å². The van der Waals surface area contributed by atoms with Crippen molar-refractivity contribution >= 4 is 23.2 Å². The summed E-state index contributed by atoms with van der Waals surface area (Å²) in [5.74, 6) is -0.235. The van der Waals surface area contributed by atoms with Crippen molar-refractivity contribution in [3.05, 3.63) is 47.4 Å². The number of imidazole rings is 1. The summed E-state index contributed by atoms with van der Waals surface area (Å²) < 4.78 is 30.8. The van der Waals surface area contributed by atoms with Gasteiger partial charge in [0, 0.05) is 25.5 Å². The van der Waals surface area contributed by atoms with Crippen LogP contribution in [0.3, 0.4) is 0 Å². The maximum atomic E-state index is 14.5. The smallest absolute Gasteiger partial charge is 0.236 e. The molecule has 0 N–H and O–H groups in total. The fourth-order valence-electron chi connectivity index (χ4n) is 3.44. The van der Waals surface area contributed by atoms with Gasteiger partial charge in [0.2, 0.25) is 5.78 Å². The molecule has 130 valence electrons. The zero-order valence-electron chi connectivity index (χ0n) is 13.6. The molecule has 4 nitrogen and oxygen atoms in total. The first kappa shape index (κ1) is 16.3. The highest BCUT2D eigenvalue weighted by Gasteiger charge is 2.26. The molecule has 0 saturated carbocycles. The van der Waals surface area contributed by atoms with Gasteiger partial charge >= 0.3 is 0 Å². The monoisotopic (exact) mass is 362 g/mol. The first-order valence-corrected chi connectivity index (χ1v) is 8.76. The number of rotatable bonds is 2. The van der Waals surface area contributed by atoms with Gasteiger partial charge in [0.25, 0.3) is 0 Å². The van der Waals surface area contributed by atoms with Crippen LogP contribution in [0, 0.1) is 11.6 Å². The van der Waals surface area contributed by atoms with Gasteiger partial charge in [-0.3, -0.25) is 4.40 Å². The molecule has 7 heteroatoms. The summed E-state index contributed by atoms with van der Waals surface area (Å²) in [6.07, 6.45) is 7.70.